The largest absolute Gasteiger partial charge is 0.355 e. The highest BCUT2D eigenvalue weighted by atomic mass is 19.1. The molecule has 0 aliphatic carbocycles. The summed E-state index contributed by atoms with van der Waals surface area (Å²) in [6.07, 6.45) is 3.42. The number of carbonyl (C=O) groups excluding carboxylic acids is 1. The Hall–Kier alpha value is -3.41. The van der Waals surface area contributed by atoms with Gasteiger partial charge in [0.2, 0.25) is 5.91 Å². The van der Waals surface area contributed by atoms with Crippen LogP contribution in [0.25, 0.3) is 16.6 Å². The summed E-state index contributed by atoms with van der Waals surface area (Å²) in [6.45, 7) is 0.369. The molecule has 0 spiro atoms. The molecule has 0 atom stereocenters. The number of halogens is 1. The summed E-state index contributed by atoms with van der Waals surface area (Å²) in [5.41, 5.74) is 2.43. The van der Waals surface area contributed by atoms with Crippen LogP contribution in [0.2, 0.25) is 0 Å². The molecule has 1 N–H and O–H groups in total. The Balaban J connectivity index is 1.51. The second kappa shape index (κ2) is 7.68. The molecule has 142 valence electrons. The average Bonchev–Trinajstić information content (AvgIpc) is 3.19. The predicted octanol–water partition coefficient (Wildman–Crippen LogP) is 3.14. The van der Waals surface area contributed by atoms with Crippen molar-refractivity contribution in [2.24, 2.45) is 0 Å². The van der Waals surface area contributed by atoms with Crippen LogP contribution in [0, 0.1) is 5.82 Å². The maximum absolute atomic E-state index is 13.8. The average molecular weight is 377 g/mol. The lowest BCUT2D eigenvalue weighted by Gasteiger charge is -2.13. The summed E-state index contributed by atoms with van der Waals surface area (Å²) in [5, 5.41) is 2.85. The molecule has 2 heterocycles. The number of amides is 1. The number of rotatable bonds is 6. The monoisotopic (exact) mass is 377 g/mol. The number of nitrogens with zero attached hydrogens (tertiary/aromatic N) is 2. The van der Waals surface area contributed by atoms with Gasteiger partial charge in [-0.1, -0.05) is 30.3 Å². The molecule has 6 heteroatoms. The molecule has 5 nitrogen and oxygen atoms in total. The van der Waals surface area contributed by atoms with E-state index in [0.717, 1.165) is 12.8 Å². The van der Waals surface area contributed by atoms with Gasteiger partial charge in [0.15, 0.2) is 0 Å². The summed E-state index contributed by atoms with van der Waals surface area (Å²) >= 11 is 0. The van der Waals surface area contributed by atoms with E-state index in [1.54, 1.807) is 28.8 Å². The van der Waals surface area contributed by atoms with E-state index >= 15 is 0 Å². The van der Waals surface area contributed by atoms with Gasteiger partial charge in [-0.05, 0) is 48.7 Å². The summed E-state index contributed by atoms with van der Waals surface area (Å²) in [6, 6.07) is 17.8. The number of hydrogen-bond donors (Lipinski definition) is 1. The van der Waals surface area contributed by atoms with E-state index in [-0.39, 0.29) is 18.0 Å². The minimum absolute atomic E-state index is 0.147. The van der Waals surface area contributed by atoms with Crippen molar-refractivity contribution in [2.75, 3.05) is 6.54 Å². The van der Waals surface area contributed by atoms with Crippen LogP contribution in [-0.2, 0) is 17.8 Å². The first kappa shape index (κ1) is 18.0. The van der Waals surface area contributed by atoms with E-state index in [1.165, 1.54) is 22.3 Å². The van der Waals surface area contributed by atoms with Crippen molar-refractivity contribution in [1.29, 1.82) is 0 Å². The smallest absolute Gasteiger partial charge is 0.275 e. The second-order valence-corrected chi connectivity index (χ2v) is 6.73. The number of fused-ring (bicyclic) bond motifs is 3. The van der Waals surface area contributed by atoms with E-state index in [9.17, 15) is 14.0 Å². The molecule has 4 rings (SSSR count). The van der Waals surface area contributed by atoms with Crippen LogP contribution in [0.1, 0.15) is 12.0 Å². The molecule has 0 unspecified atom stereocenters. The number of benzene rings is 2. The van der Waals surface area contributed by atoms with Crippen LogP contribution in [0.3, 0.4) is 0 Å². The van der Waals surface area contributed by atoms with Crippen LogP contribution < -0.4 is 10.9 Å². The van der Waals surface area contributed by atoms with Crippen molar-refractivity contribution in [3.63, 3.8) is 0 Å². The maximum Gasteiger partial charge on any atom is 0.275 e. The first-order chi connectivity index (χ1) is 13.6. The Labute approximate surface area is 161 Å². The van der Waals surface area contributed by atoms with Crippen molar-refractivity contribution in [3.05, 3.63) is 88.6 Å². The van der Waals surface area contributed by atoms with Crippen LogP contribution in [-0.4, -0.2) is 21.4 Å². The van der Waals surface area contributed by atoms with Gasteiger partial charge >= 0.3 is 0 Å². The fourth-order valence-electron chi connectivity index (χ4n) is 3.45. The maximum atomic E-state index is 13.8. The minimum atomic E-state index is -0.449. The molecule has 0 fully saturated rings. The lowest BCUT2D eigenvalue weighted by molar-refractivity contribution is -0.121. The van der Waals surface area contributed by atoms with Crippen LogP contribution in [0.5, 0.6) is 0 Å². The molecule has 28 heavy (non-hydrogen) atoms. The van der Waals surface area contributed by atoms with Gasteiger partial charge in [0.05, 0.1) is 11.0 Å². The van der Waals surface area contributed by atoms with E-state index in [1.807, 2.05) is 18.2 Å². The summed E-state index contributed by atoms with van der Waals surface area (Å²) in [4.78, 5) is 25.2. The lowest BCUT2D eigenvalue weighted by atomic mass is 10.1. The highest BCUT2D eigenvalue weighted by molar-refractivity contribution is 5.82. The predicted molar refractivity (Wildman–Crippen MR) is 107 cm³/mol. The van der Waals surface area contributed by atoms with E-state index in [0.29, 0.717) is 23.1 Å². The lowest BCUT2D eigenvalue weighted by Crippen LogP contribution is -2.33. The van der Waals surface area contributed by atoms with E-state index in [4.69, 9.17) is 0 Å². The van der Waals surface area contributed by atoms with Crippen LogP contribution >= 0.6 is 0 Å². The fourth-order valence-corrected chi connectivity index (χ4v) is 3.45. The molecule has 4 aromatic rings. The van der Waals surface area contributed by atoms with Crippen molar-refractivity contribution >= 4 is 22.5 Å². The standard InChI is InChI=1S/C22H20FN3O2/c23-17-10-11-18-20(14-17)26(22(28)19-9-5-13-25(18)19)15-21(27)24-12-4-8-16-6-2-1-3-7-16/h1-3,5-7,9-11,13-14H,4,8,12,15H2,(H,24,27). The Morgan fingerprint density at radius 1 is 0.964 bits per heavy atom. The first-order valence-electron chi connectivity index (χ1n) is 9.23. The van der Waals surface area contributed by atoms with Crippen LogP contribution in [0.4, 0.5) is 4.39 Å². The number of carbonyl (C=O) groups is 1. The van der Waals surface area contributed by atoms with Gasteiger partial charge in [-0.2, -0.15) is 0 Å². The highest BCUT2D eigenvalue weighted by Gasteiger charge is 2.13. The van der Waals surface area contributed by atoms with Crippen LogP contribution in [0.15, 0.2) is 71.7 Å². The topological polar surface area (TPSA) is 55.5 Å². The Morgan fingerprint density at radius 2 is 1.79 bits per heavy atom. The minimum Gasteiger partial charge on any atom is -0.355 e. The number of aromatic nitrogens is 2. The molecule has 0 aliphatic rings. The molecule has 0 bridgehead atoms. The highest BCUT2D eigenvalue weighted by Crippen LogP contribution is 2.16. The zero-order valence-electron chi connectivity index (χ0n) is 15.3. The van der Waals surface area contributed by atoms with E-state index in [2.05, 4.69) is 17.4 Å². The fraction of sp³-hybridized carbons (Fsp3) is 0.182. The third kappa shape index (κ3) is 3.53. The zero-order chi connectivity index (χ0) is 19.5. The molecule has 0 aliphatic heterocycles. The quantitative estimate of drug-likeness (QED) is 0.525. The Bertz CT molecular complexity index is 1200. The van der Waals surface area contributed by atoms with Gasteiger partial charge < -0.3 is 9.72 Å². The number of aryl methyl sites for hydroxylation is 1. The SMILES string of the molecule is O=C(Cn1c(=O)c2cccn2c2ccc(F)cc21)NCCCc1ccccc1. The summed E-state index contributed by atoms with van der Waals surface area (Å²) in [7, 11) is 0. The van der Waals surface area contributed by atoms with Crippen molar-refractivity contribution in [1.82, 2.24) is 14.3 Å². The first-order valence-corrected chi connectivity index (χ1v) is 9.23. The third-order valence-electron chi connectivity index (χ3n) is 4.81. The molecule has 2 aromatic carbocycles. The second-order valence-electron chi connectivity index (χ2n) is 6.73. The summed E-state index contributed by atoms with van der Waals surface area (Å²) < 4.78 is 16.8. The van der Waals surface area contributed by atoms with Crippen molar-refractivity contribution in [3.8, 4) is 0 Å². The molecule has 0 saturated heterocycles. The van der Waals surface area contributed by atoms with Gasteiger partial charge in [-0.15, -0.1) is 0 Å². The Kier molecular flexibility index (Phi) is 4.93. The van der Waals surface area contributed by atoms with Gasteiger partial charge in [0, 0.05) is 12.7 Å². The molecular weight excluding hydrogens is 357 g/mol. The normalized spacial score (nSPS) is 11.2. The molecular formula is C22H20FN3O2. The van der Waals surface area contributed by atoms with Crippen molar-refractivity contribution < 1.29 is 9.18 Å². The molecule has 0 saturated carbocycles. The van der Waals surface area contributed by atoms with E-state index < -0.39 is 5.82 Å². The molecule has 2 aromatic heterocycles. The molecule has 0 radical (unpaired) electrons. The zero-order valence-corrected chi connectivity index (χ0v) is 15.3. The summed E-state index contributed by atoms with van der Waals surface area (Å²) in [5.74, 6) is -0.716. The van der Waals surface area contributed by atoms with Gasteiger partial charge in [-0.25, -0.2) is 4.39 Å². The Morgan fingerprint density at radius 3 is 2.61 bits per heavy atom. The third-order valence-corrected chi connectivity index (χ3v) is 4.81. The molecule has 1 amide bonds. The van der Waals surface area contributed by atoms with Gasteiger partial charge in [0.25, 0.3) is 5.56 Å². The number of hydrogen-bond acceptors (Lipinski definition) is 2. The van der Waals surface area contributed by atoms with Gasteiger partial charge in [-0.3, -0.25) is 14.2 Å². The number of nitrogens with one attached hydrogen (secondary N) is 1. The van der Waals surface area contributed by atoms with Gasteiger partial charge in [0.1, 0.15) is 17.9 Å². The van der Waals surface area contributed by atoms with Crippen molar-refractivity contribution in [2.45, 2.75) is 19.4 Å².